The van der Waals surface area contributed by atoms with Crippen LogP contribution in [0, 0.1) is 5.82 Å². The number of amides is 1. The van der Waals surface area contributed by atoms with Crippen LogP contribution in [0.2, 0.25) is 0 Å². The molecule has 5 heteroatoms. The van der Waals surface area contributed by atoms with E-state index in [1.165, 1.54) is 19.2 Å². The summed E-state index contributed by atoms with van der Waals surface area (Å²) in [6.07, 6.45) is 0. The number of nitrogens with one attached hydrogen (secondary N) is 1. The van der Waals surface area contributed by atoms with Gasteiger partial charge in [0.15, 0.2) is 0 Å². The van der Waals surface area contributed by atoms with Gasteiger partial charge >= 0.3 is 0 Å². The highest BCUT2D eigenvalue weighted by atomic mass is 19.1. The number of para-hydroxylation sites is 1. The maximum Gasteiger partial charge on any atom is 0.253 e. The number of rotatable bonds is 4. The van der Waals surface area contributed by atoms with E-state index in [0.29, 0.717) is 17.0 Å². The molecule has 0 heterocycles. The Morgan fingerprint density at radius 2 is 1.90 bits per heavy atom. The molecule has 2 rings (SSSR count). The lowest BCUT2D eigenvalue weighted by atomic mass is 10.1. The van der Waals surface area contributed by atoms with E-state index in [2.05, 4.69) is 5.32 Å². The fourth-order valence-electron chi connectivity index (χ4n) is 2.03. The zero-order valence-electron chi connectivity index (χ0n) is 11.9. The lowest BCUT2D eigenvalue weighted by Gasteiger charge is -2.16. The topological polar surface area (TPSA) is 64.3 Å². The molecule has 0 aliphatic carbocycles. The summed E-state index contributed by atoms with van der Waals surface area (Å²) in [5.41, 5.74) is 7.35. The second-order valence-electron chi connectivity index (χ2n) is 4.67. The minimum absolute atomic E-state index is 0.260. The van der Waals surface area contributed by atoms with Crippen molar-refractivity contribution in [2.45, 2.75) is 13.0 Å². The van der Waals surface area contributed by atoms with Crippen molar-refractivity contribution in [3.8, 4) is 5.75 Å². The number of carbonyl (C=O) groups excluding carboxylic acids is 1. The Hall–Kier alpha value is -2.56. The molecule has 2 aromatic carbocycles. The molecule has 0 radical (unpaired) electrons. The van der Waals surface area contributed by atoms with Gasteiger partial charge in [0.2, 0.25) is 0 Å². The van der Waals surface area contributed by atoms with E-state index < -0.39 is 0 Å². The van der Waals surface area contributed by atoms with Crippen molar-refractivity contribution < 1.29 is 13.9 Å². The molecule has 0 saturated heterocycles. The van der Waals surface area contributed by atoms with E-state index in [1.54, 1.807) is 30.3 Å². The van der Waals surface area contributed by atoms with Crippen LogP contribution >= 0.6 is 0 Å². The van der Waals surface area contributed by atoms with Crippen LogP contribution in [0.5, 0.6) is 5.75 Å². The highest BCUT2D eigenvalue weighted by molar-refractivity contribution is 6.00. The van der Waals surface area contributed by atoms with Gasteiger partial charge in [-0.05, 0) is 36.8 Å². The second kappa shape index (κ2) is 6.26. The number of methoxy groups -OCH3 is 1. The number of ether oxygens (including phenoxy) is 1. The zero-order valence-corrected chi connectivity index (χ0v) is 11.9. The Morgan fingerprint density at radius 1 is 1.24 bits per heavy atom. The smallest absolute Gasteiger partial charge is 0.253 e. The predicted molar refractivity (Wildman–Crippen MR) is 79.7 cm³/mol. The van der Waals surface area contributed by atoms with Crippen LogP contribution in [0.25, 0.3) is 0 Å². The SMILES string of the molecule is COc1cccc(C(=O)NC(C)c2ccc(F)cc2)c1N. The monoisotopic (exact) mass is 288 g/mol. The van der Waals surface area contributed by atoms with E-state index in [-0.39, 0.29) is 17.8 Å². The van der Waals surface area contributed by atoms with Gasteiger partial charge in [0.05, 0.1) is 24.4 Å². The van der Waals surface area contributed by atoms with Crippen LogP contribution in [0.4, 0.5) is 10.1 Å². The number of hydrogen-bond acceptors (Lipinski definition) is 3. The van der Waals surface area contributed by atoms with Gasteiger partial charge in [0.25, 0.3) is 5.91 Å². The normalized spacial score (nSPS) is 11.8. The van der Waals surface area contributed by atoms with Crippen molar-refractivity contribution >= 4 is 11.6 Å². The van der Waals surface area contributed by atoms with Crippen LogP contribution in [0.1, 0.15) is 28.9 Å². The molecule has 1 atom stereocenters. The Bertz CT molecular complexity index is 641. The molecule has 0 spiro atoms. The van der Waals surface area contributed by atoms with Gasteiger partial charge in [-0.25, -0.2) is 4.39 Å². The Balaban J connectivity index is 2.16. The molecule has 21 heavy (non-hydrogen) atoms. The molecule has 0 bridgehead atoms. The molecule has 2 aromatic rings. The summed E-state index contributed by atoms with van der Waals surface area (Å²) in [4.78, 5) is 12.3. The summed E-state index contributed by atoms with van der Waals surface area (Å²) in [6.45, 7) is 1.82. The van der Waals surface area contributed by atoms with Crippen LogP contribution in [-0.2, 0) is 0 Å². The van der Waals surface area contributed by atoms with Crippen LogP contribution < -0.4 is 15.8 Å². The minimum atomic E-state index is -0.311. The Labute approximate surface area is 122 Å². The second-order valence-corrected chi connectivity index (χ2v) is 4.67. The maximum atomic E-state index is 12.9. The first-order valence-electron chi connectivity index (χ1n) is 6.51. The standard InChI is InChI=1S/C16H17FN2O2/c1-10(11-6-8-12(17)9-7-11)19-16(20)13-4-3-5-14(21-2)15(13)18/h3-10H,18H2,1-2H3,(H,19,20). The largest absolute Gasteiger partial charge is 0.495 e. The van der Waals surface area contributed by atoms with E-state index in [1.807, 2.05) is 6.92 Å². The number of halogens is 1. The van der Waals surface area contributed by atoms with E-state index in [4.69, 9.17) is 10.5 Å². The van der Waals surface area contributed by atoms with Gasteiger partial charge < -0.3 is 15.8 Å². The molecule has 3 N–H and O–H groups in total. The summed E-state index contributed by atoms with van der Waals surface area (Å²) in [6, 6.07) is 10.7. The third-order valence-corrected chi connectivity index (χ3v) is 3.25. The lowest BCUT2D eigenvalue weighted by Crippen LogP contribution is -2.27. The first-order valence-corrected chi connectivity index (χ1v) is 6.51. The first-order chi connectivity index (χ1) is 10.0. The number of hydrogen-bond donors (Lipinski definition) is 2. The van der Waals surface area contributed by atoms with Gasteiger partial charge in [0.1, 0.15) is 11.6 Å². The number of anilines is 1. The third-order valence-electron chi connectivity index (χ3n) is 3.25. The predicted octanol–water partition coefficient (Wildman–Crippen LogP) is 2.91. The van der Waals surface area contributed by atoms with E-state index >= 15 is 0 Å². The highest BCUT2D eigenvalue weighted by Gasteiger charge is 2.16. The molecular weight excluding hydrogens is 271 g/mol. The molecule has 0 aliphatic rings. The molecular formula is C16H17FN2O2. The zero-order chi connectivity index (χ0) is 15.4. The van der Waals surface area contributed by atoms with Gasteiger partial charge in [-0.1, -0.05) is 18.2 Å². The number of benzene rings is 2. The fourth-order valence-corrected chi connectivity index (χ4v) is 2.03. The van der Waals surface area contributed by atoms with Crippen molar-refractivity contribution in [2.24, 2.45) is 0 Å². The summed E-state index contributed by atoms with van der Waals surface area (Å²) < 4.78 is 18.0. The Morgan fingerprint density at radius 3 is 2.52 bits per heavy atom. The quantitative estimate of drug-likeness (QED) is 0.850. The van der Waals surface area contributed by atoms with Crippen LogP contribution in [-0.4, -0.2) is 13.0 Å². The van der Waals surface area contributed by atoms with Gasteiger partial charge in [0, 0.05) is 0 Å². The molecule has 1 unspecified atom stereocenters. The first kappa shape index (κ1) is 14.8. The molecule has 0 aromatic heterocycles. The van der Waals surface area contributed by atoms with Crippen molar-refractivity contribution in [1.29, 1.82) is 0 Å². The van der Waals surface area contributed by atoms with Crippen molar-refractivity contribution in [1.82, 2.24) is 5.32 Å². The summed E-state index contributed by atoms with van der Waals surface area (Å²) in [7, 11) is 1.49. The number of nitrogen functional groups attached to an aromatic ring is 1. The van der Waals surface area contributed by atoms with E-state index in [9.17, 15) is 9.18 Å². The van der Waals surface area contributed by atoms with Gasteiger partial charge in [-0.2, -0.15) is 0 Å². The molecule has 0 aliphatic heterocycles. The number of nitrogens with two attached hydrogens (primary N) is 1. The van der Waals surface area contributed by atoms with Crippen molar-refractivity contribution in [3.05, 3.63) is 59.4 Å². The Kier molecular flexibility index (Phi) is 4.42. The molecule has 110 valence electrons. The molecule has 4 nitrogen and oxygen atoms in total. The van der Waals surface area contributed by atoms with Gasteiger partial charge in [-0.3, -0.25) is 4.79 Å². The van der Waals surface area contributed by atoms with Crippen molar-refractivity contribution in [3.63, 3.8) is 0 Å². The van der Waals surface area contributed by atoms with E-state index in [0.717, 1.165) is 5.56 Å². The minimum Gasteiger partial charge on any atom is -0.495 e. The maximum absolute atomic E-state index is 12.9. The molecule has 0 saturated carbocycles. The summed E-state index contributed by atoms with van der Waals surface area (Å²) in [5, 5.41) is 2.83. The fraction of sp³-hybridized carbons (Fsp3) is 0.188. The summed E-state index contributed by atoms with van der Waals surface area (Å²) in [5.74, 6) is -0.158. The number of carbonyl (C=O) groups is 1. The average molecular weight is 288 g/mol. The molecule has 1 amide bonds. The third kappa shape index (κ3) is 3.31. The molecule has 0 fully saturated rings. The highest BCUT2D eigenvalue weighted by Crippen LogP contribution is 2.25. The van der Waals surface area contributed by atoms with Gasteiger partial charge in [-0.15, -0.1) is 0 Å². The summed E-state index contributed by atoms with van der Waals surface area (Å²) >= 11 is 0. The van der Waals surface area contributed by atoms with Crippen LogP contribution in [0.3, 0.4) is 0 Å². The van der Waals surface area contributed by atoms with Crippen molar-refractivity contribution in [2.75, 3.05) is 12.8 Å². The lowest BCUT2D eigenvalue weighted by molar-refractivity contribution is 0.0940. The average Bonchev–Trinajstić information content (AvgIpc) is 2.48. The van der Waals surface area contributed by atoms with Crippen LogP contribution in [0.15, 0.2) is 42.5 Å².